The van der Waals surface area contributed by atoms with Gasteiger partial charge in [-0.1, -0.05) is 34.7 Å². The van der Waals surface area contributed by atoms with Gasteiger partial charge in [-0.3, -0.25) is 0 Å². The Hall–Kier alpha value is -0.840. The maximum absolute atomic E-state index is 11.7. The molecule has 0 bridgehead atoms. The second-order valence-corrected chi connectivity index (χ2v) is 7.05. The number of ether oxygens (including phenoxy) is 1. The van der Waals surface area contributed by atoms with E-state index in [2.05, 4.69) is 4.40 Å². The van der Waals surface area contributed by atoms with Crippen LogP contribution in [0, 0.1) is 0 Å². The molecule has 0 spiro atoms. The average Bonchev–Trinajstić information content (AvgIpc) is 2.33. The molecular weight excluding hydrogens is 246 g/mol. The minimum Gasteiger partial charge on any atom is -0.591 e. The normalized spacial score (nSPS) is 15.8. The summed E-state index contributed by atoms with van der Waals surface area (Å²) < 4.78 is 21.0. The molecule has 0 radical (unpaired) electrons. The van der Waals surface area contributed by atoms with E-state index in [1.165, 1.54) is 0 Å². The molecular formula is C14H21NO2S. The van der Waals surface area contributed by atoms with Crippen molar-refractivity contribution in [1.82, 2.24) is 0 Å². The molecule has 4 heteroatoms. The van der Waals surface area contributed by atoms with E-state index in [-0.39, 0.29) is 10.9 Å². The van der Waals surface area contributed by atoms with E-state index in [4.69, 9.17) is 4.74 Å². The van der Waals surface area contributed by atoms with Gasteiger partial charge in [-0.15, -0.1) is 0 Å². The van der Waals surface area contributed by atoms with Crippen molar-refractivity contribution in [2.45, 2.75) is 45.2 Å². The third-order valence-corrected chi connectivity index (χ3v) is 3.61. The maximum Gasteiger partial charge on any atom is 0.144 e. The molecule has 0 heterocycles. The summed E-state index contributed by atoms with van der Waals surface area (Å²) in [6.45, 7) is 8.13. The Morgan fingerprint density at radius 1 is 1.33 bits per heavy atom. The highest BCUT2D eigenvalue weighted by atomic mass is 32.2. The summed E-state index contributed by atoms with van der Waals surface area (Å²) in [5, 5.41) is 0. The fraction of sp³-hybridized carbons (Fsp3) is 0.500. The van der Waals surface area contributed by atoms with Gasteiger partial charge in [-0.05, 0) is 33.3 Å². The molecule has 0 aliphatic heterocycles. The summed E-state index contributed by atoms with van der Waals surface area (Å²) in [5.41, 5.74) is 1.12. The Balaban J connectivity index is 2.38. The summed E-state index contributed by atoms with van der Waals surface area (Å²) in [7, 11) is 0. The highest BCUT2D eigenvalue weighted by Crippen LogP contribution is 2.16. The van der Waals surface area contributed by atoms with Crippen LogP contribution < -0.4 is 0 Å². The Kier molecular flexibility index (Phi) is 5.85. The zero-order valence-electron chi connectivity index (χ0n) is 11.4. The third kappa shape index (κ3) is 5.67. The van der Waals surface area contributed by atoms with Gasteiger partial charge in [0.2, 0.25) is 0 Å². The zero-order valence-corrected chi connectivity index (χ0v) is 12.2. The molecule has 1 aromatic carbocycles. The fourth-order valence-electron chi connectivity index (χ4n) is 1.14. The number of rotatable bonds is 5. The first kappa shape index (κ1) is 15.2. The first-order chi connectivity index (χ1) is 8.39. The van der Waals surface area contributed by atoms with Crippen molar-refractivity contribution in [1.29, 1.82) is 0 Å². The van der Waals surface area contributed by atoms with Crippen molar-refractivity contribution in [2.24, 2.45) is 4.40 Å². The molecule has 0 fully saturated rings. The number of nitrogens with zero attached hydrogens (tertiary/aromatic N) is 1. The van der Waals surface area contributed by atoms with E-state index in [0.29, 0.717) is 6.61 Å². The summed E-state index contributed by atoms with van der Waals surface area (Å²) in [4.78, 5) is 0. The molecule has 0 aliphatic rings. The standard InChI is InChI=1S/C14H21NO2S/c1-12(10-15-18(16)14(2,3)4)17-11-13-8-6-5-7-9-13/h5-10,12H,11H2,1-4H3/b15-10+/t12-,18-/m0/s1. The molecule has 2 atom stereocenters. The van der Waals surface area contributed by atoms with Gasteiger partial charge in [0.1, 0.15) is 16.1 Å². The number of hydrogen-bond donors (Lipinski definition) is 0. The molecule has 0 aromatic heterocycles. The summed E-state index contributed by atoms with van der Waals surface area (Å²) in [5.74, 6) is 0. The van der Waals surface area contributed by atoms with Crippen LogP contribution in [0.1, 0.15) is 33.3 Å². The van der Waals surface area contributed by atoms with Crippen LogP contribution in [-0.4, -0.2) is 21.6 Å². The Bertz CT molecular complexity index is 373. The van der Waals surface area contributed by atoms with E-state index in [9.17, 15) is 4.55 Å². The molecule has 0 N–H and O–H groups in total. The van der Waals surface area contributed by atoms with Crippen LogP contribution >= 0.6 is 0 Å². The van der Waals surface area contributed by atoms with Gasteiger partial charge in [0, 0.05) is 0 Å². The predicted molar refractivity (Wildman–Crippen MR) is 77.1 cm³/mol. The van der Waals surface area contributed by atoms with Crippen LogP contribution in [0.15, 0.2) is 34.7 Å². The van der Waals surface area contributed by atoms with E-state index < -0.39 is 11.4 Å². The molecule has 1 aromatic rings. The highest BCUT2D eigenvalue weighted by Gasteiger charge is 2.25. The quantitative estimate of drug-likeness (QED) is 0.607. The second kappa shape index (κ2) is 6.92. The summed E-state index contributed by atoms with van der Waals surface area (Å²) in [6, 6.07) is 9.95. The van der Waals surface area contributed by atoms with E-state index in [1.807, 2.05) is 58.0 Å². The van der Waals surface area contributed by atoms with Crippen molar-refractivity contribution >= 4 is 17.6 Å². The Labute approximate surface area is 113 Å². The lowest BCUT2D eigenvalue weighted by Gasteiger charge is -2.18. The van der Waals surface area contributed by atoms with Crippen LogP contribution in [0.25, 0.3) is 0 Å². The van der Waals surface area contributed by atoms with Crippen molar-refractivity contribution in [2.75, 3.05) is 0 Å². The van der Waals surface area contributed by atoms with Gasteiger partial charge in [-0.2, -0.15) is 0 Å². The highest BCUT2D eigenvalue weighted by molar-refractivity contribution is 7.91. The molecule has 18 heavy (non-hydrogen) atoms. The largest absolute Gasteiger partial charge is 0.591 e. The van der Waals surface area contributed by atoms with Crippen molar-refractivity contribution in [3.63, 3.8) is 0 Å². The first-order valence-electron chi connectivity index (χ1n) is 6.01. The third-order valence-electron chi connectivity index (χ3n) is 2.25. The lowest BCUT2D eigenvalue weighted by molar-refractivity contribution is 0.0992. The zero-order chi connectivity index (χ0) is 13.6. The van der Waals surface area contributed by atoms with Crippen LogP contribution in [0.4, 0.5) is 0 Å². The Morgan fingerprint density at radius 2 is 1.94 bits per heavy atom. The van der Waals surface area contributed by atoms with Gasteiger partial charge in [0.25, 0.3) is 0 Å². The molecule has 0 saturated carbocycles. The van der Waals surface area contributed by atoms with Crippen LogP contribution in [0.5, 0.6) is 0 Å². The number of benzene rings is 1. The topological polar surface area (TPSA) is 44.7 Å². The average molecular weight is 267 g/mol. The SMILES string of the molecule is C[C@@H](/C=N/[S@@+]([O-])C(C)(C)C)OCc1ccccc1. The lowest BCUT2D eigenvalue weighted by Crippen LogP contribution is -2.26. The van der Waals surface area contributed by atoms with E-state index in [0.717, 1.165) is 5.56 Å². The number of hydrogen-bond acceptors (Lipinski definition) is 3. The van der Waals surface area contributed by atoms with Crippen molar-refractivity contribution in [3.05, 3.63) is 35.9 Å². The monoisotopic (exact) mass is 267 g/mol. The molecule has 3 nitrogen and oxygen atoms in total. The minimum absolute atomic E-state index is 0.142. The van der Waals surface area contributed by atoms with Gasteiger partial charge < -0.3 is 9.29 Å². The smallest absolute Gasteiger partial charge is 0.144 e. The van der Waals surface area contributed by atoms with Crippen molar-refractivity contribution in [3.8, 4) is 0 Å². The second-order valence-electron chi connectivity index (χ2n) is 5.12. The Morgan fingerprint density at radius 3 is 2.50 bits per heavy atom. The predicted octanol–water partition coefficient (Wildman–Crippen LogP) is 3.12. The van der Waals surface area contributed by atoms with Gasteiger partial charge in [0.15, 0.2) is 0 Å². The molecule has 1 rings (SSSR count). The summed E-state index contributed by atoms with van der Waals surface area (Å²) in [6.07, 6.45) is 1.47. The van der Waals surface area contributed by atoms with Crippen LogP contribution in [0.2, 0.25) is 0 Å². The molecule has 0 saturated heterocycles. The molecule has 0 unspecified atom stereocenters. The van der Waals surface area contributed by atoms with E-state index >= 15 is 0 Å². The van der Waals surface area contributed by atoms with Gasteiger partial charge in [0.05, 0.1) is 18.9 Å². The molecule has 100 valence electrons. The van der Waals surface area contributed by atoms with Crippen LogP contribution in [0.3, 0.4) is 0 Å². The van der Waals surface area contributed by atoms with Crippen molar-refractivity contribution < 1.29 is 9.29 Å². The molecule has 0 amide bonds. The maximum atomic E-state index is 11.7. The van der Waals surface area contributed by atoms with E-state index in [1.54, 1.807) is 6.21 Å². The summed E-state index contributed by atoms with van der Waals surface area (Å²) >= 11 is -1.22. The van der Waals surface area contributed by atoms with Crippen LogP contribution in [-0.2, 0) is 22.7 Å². The first-order valence-corrected chi connectivity index (χ1v) is 7.12. The minimum atomic E-state index is -1.22. The van der Waals surface area contributed by atoms with Gasteiger partial charge >= 0.3 is 0 Å². The molecule has 0 aliphatic carbocycles. The van der Waals surface area contributed by atoms with Gasteiger partial charge in [-0.25, -0.2) is 0 Å². The fourth-order valence-corrected chi connectivity index (χ4v) is 1.74. The lowest BCUT2D eigenvalue weighted by atomic mass is 10.2.